The van der Waals surface area contributed by atoms with Crippen molar-refractivity contribution < 1.29 is 0 Å². The highest BCUT2D eigenvalue weighted by atomic mass is 32.1. The van der Waals surface area contributed by atoms with Crippen molar-refractivity contribution in [2.45, 2.75) is 6.92 Å². The first kappa shape index (κ1) is 13.8. The van der Waals surface area contributed by atoms with Gasteiger partial charge in [0, 0.05) is 5.56 Å². The SMILES string of the molecule is Cc1ccc(-c2nc3sc(=Cc4ccccc4)c(=O)n3n2)cc1. The molecule has 0 fully saturated rings. The van der Waals surface area contributed by atoms with E-state index in [2.05, 4.69) is 10.1 Å². The van der Waals surface area contributed by atoms with Crippen LogP contribution in [0.2, 0.25) is 0 Å². The van der Waals surface area contributed by atoms with Crippen molar-refractivity contribution in [3.63, 3.8) is 0 Å². The van der Waals surface area contributed by atoms with Gasteiger partial charge >= 0.3 is 0 Å². The summed E-state index contributed by atoms with van der Waals surface area (Å²) in [5, 5.41) is 4.36. The molecule has 0 N–H and O–H groups in total. The maximum atomic E-state index is 12.5. The quantitative estimate of drug-likeness (QED) is 0.571. The minimum absolute atomic E-state index is 0.125. The highest BCUT2D eigenvalue weighted by Crippen LogP contribution is 2.17. The predicted octanol–water partition coefficient (Wildman–Crippen LogP) is 2.67. The zero-order valence-corrected chi connectivity index (χ0v) is 13.2. The van der Waals surface area contributed by atoms with E-state index in [1.54, 1.807) is 0 Å². The van der Waals surface area contributed by atoms with Crippen molar-refractivity contribution >= 4 is 22.4 Å². The van der Waals surface area contributed by atoms with E-state index in [9.17, 15) is 4.79 Å². The van der Waals surface area contributed by atoms with Crippen molar-refractivity contribution in [3.8, 4) is 11.4 Å². The number of hydrogen-bond acceptors (Lipinski definition) is 4. The fourth-order valence-corrected chi connectivity index (χ4v) is 3.27. The van der Waals surface area contributed by atoms with Crippen LogP contribution in [0.5, 0.6) is 0 Å². The molecule has 0 amide bonds. The molecule has 0 atom stereocenters. The van der Waals surface area contributed by atoms with E-state index in [0.717, 1.165) is 11.1 Å². The third kappa shape index (κ3) is 2.55. The molecule has 0 spiro atoms. The second-order valence-electron chi connectivity index (χ2n) is 5.32. The molecular formula is C18H13N3OS. The van der Waals surface area contributed by atoms with Gasteiger partial charge in [0.1, 0.15) is 0 Å². The molecule has 4 nitrogen and oxygen atoms in total. The van der Waals surface area contributed by atoms with Crippen molar-refractivity contribution in [2.75, 3.05) is 0 Å². The molecule has 2 heterocycles. The first-order chi connectivity index (χ1) is 11.2. The molecule has 0 aliphatic rings. The van der Waals surface area contributed by atoms with Crippen molar-refractivity contribution in [3.05, 3.63) is 80.6 Å². The normalized spacial score (nSPS) is 12.1. The molecule has 112 valence electrons. The van der Waals surface area contributed by atoms with E-state index >= 15 is 0 Å². The summed E-state index contributed by atoms with van der Waals surface area (Å²) in [4.78, 5) is 17.6. The molecule has 5 heteroatoms. The van der Waals surface area contributed by atoms with E-state index in [0.29, 0.717) is 15.3 Å². The van der Waals surface area contributed by atoms with Crippen LogP contribution in [0, 0.1) is 6.92 Å². The molecule has 4 rings (SSSR count). The number of benzene rings is 2. The molecule has 4 aromatic rings. The number of aromatic nitrogens is 3. The van der Waals surface area contributed by atoms with Crippen LogP contribution in [0.25, 0.3) is 22.4 Å². The van der Waals surface area contributed by atoms with E-state index in [4.69, 9.17) is 0 Å². The lowest BCUT2D eigenvalue weighted by atomic mass is 10.1. The molecular weight excluding hydrogens is 306 g/mol. The van der Waals surface area contributed by atoms with Crippen LogP contribution in [0.4, 0.5) is 0 Å². The van der Waals surface area contributed by atoms with Crippen molar-refractivity contribution in [1.29, 1.82) is 0 Å². The van der Waals surface area contributed by atoms with Crippen LogP contribution in [-0.4, -0.2) is 14.6 Å². The Kier molecular flexibility index (Phi) is 3.28. The van der Waals surface area contributed by atoms with Gasteiger partial charge in [-0.15, -0.1) is 5.10 Å². The van der Waals surface area contributed by atoms with Gasteiger partial charge in [0.05, 0.1) is 4.53 Å². The summed E-state index contributed by atoms with van der Waals surface area (Å²) in [5.74, 6) is 0.583. The van der Waals surface area contributed by atoms with Crippen LogP contribution in [0.15, 0.2) is 59.4 Å². The van der Waals surface area contributed by atoms with Crippen LogP contribution < -0.4 is 10.1 Å². The number of hydrogen-bond donors (Lipinski definition) is 0. The Morgan fingerprint density at radius 2 is 1.78 bits per heavy atom. The minimum Gasteiger partial charge on any atom is -0.266 e. The maximum Gasteiger partial charge on any atom is 0.291 e. The minimum atomic E-state index is -0.125. The smallest absolute Gasteiger partial charge is 0.266 e. The van der Waals surface area contributed by atoms with Gasteiger partial charge in [0.25, 0.3) is 5.56 Å². The highest BCUT2D eigenvalue weighted by Gasteiger charge is 2.11. The van der Waals surface area contributed by atoms with E-state index in [1.807, 2.05) is 67.6 Å². The Balaban J connectivity index is 1.82. The van der Waals surface area contributed by atoms with Gasteiger partial charge in [-0.1, -0.05) is 71.5 Å². The first-order valence-corrected chi connectivity index (χ1v) is 8.06. The topological polar surface area (TPSA) is 47.3 Å². The van der Waals surface area contributed by atoms with Gasteiger partial charge < -0.3 is 0 Å². The number of aryl methyl sites for hydroxylation is 1. The van der Waals surface area contributed by atoms with Gasteiger partial charge in [0.15, 0.2) is 5.82 Å². The third-order valence-electron chi connectivity index (χ3n) is 3.59. The van der Waals surface area contributed by atoms with Crippen LogP contribution in [0.1, 0.15) is 11.1 Å². The summed E-state index contributed by atoms with van der Waals surface area (Å²) >= 11 is 1.36. The van der Waals surface area contributed by atoms with Gasteiger partial charge in [-0.3, -0.25) is 4.79 Å². The Labute approximate surface area is 136 Å². The average Bonchev–Trinajstić information content (AvgIpc) is 3.10. The summed E-state index contributed by atoms with van der Waals surface area (Å²) in [6.07, 6.45) is 1.87. The Hall–Kier alpha value is -2.79. The monoisotopic (exact) mass is 319 g/mol. The summed E-state index contributed by atoms with van der Waals surface area (Å²) in [6, 6.07) is 17.7. The lowest BCUT2D eigenvalue weighted by molar-refractivity contribution is 0.937. The molecule has 2 aromatic carbocycles. The molecule has 0 radical (unpaired) electrons. The van der Waals surface area contributed by atoms with E-state index in [1.165, 1.54) is 21.4 Å². The summed E-state index contributed by atoms with van der Waals surface area (Å²) in [6.45, 7) is 2.03. The van der Waals surface area contributed by atoms with Crippen LogP contribution >= 0.6 is 11.3 Å². The number of thiazole rings is 1. The van der Waals surface area contributed by atoms with Gasteiger partial charge in [-0.25, -0.2) is 0 Å². The number of nitrogens with zero attached hydrogens (tertiary/aromatic N) is 3. The number of fused-ring (bicyclic) bond motifs is 1. The van der Waals surface area contributed by atoms with E-state index in [-0.39, 0.29) is 5.56 Å². The molecule has 23 heavy (non-hydrogen) atoms. The fourth-order valence-electron chi connectivity index (χ4n) is 2.36. The molecule has 0 aliphatic carbocycles. The molecule has 0 saturated heterocycles. The van der Waals surface area contributed by atoms with Gasteiger partial charge in [0.2, 0.25) is 4.96 Å². The summed E-state index contributed by atoms with van der Waals surface area (Å²) < 4.78 is 2.02. The van der Waals surface area contributed by atoms with Crippen LogP contribution in [0.3, 0.4) is 0 Å². The van der Waals surface area contributed by atoms with Crippen molar-refractivity contribution in [2.24, 2.45) is 0 Å². The van der Waals surface area contributed by atoms with Crippen LogP contribution in [-0.2, 0) is 0 Å². The van der Waals surface area contributed by atoms with E-state index < -0.39 is 0 Å². The largest absolute Gasteiger partial charge is 0.291 e. The Morgan fingerprint density at radius 3 is 2.48 bits per heavy atom. The zero-order chi connectivity index (χ0) is 15.8. The first-order valence-electron chi connectivity index (χ1n) is 7.24. The lowest BCUT2D eigenvalue weighted by Gasteiger charge is -1.95. The third-order valence-corrected chi connectivity index (χ3v) is 4.55. The van der Waals surface area contributed by atoms with Gasteiger partial charge in [-0.2, -0.15) is 9.50 Å². The Morgan fingerprint density at radius 1 is 1.04 bits per heavy atom. The molecule has 0 unspecified atom stereocenters. The second kappa shape index (κ2) is 5.44. The molecule has 0 bridgehead atoms. The maximum absolute atomic E-state index is 12.5. The van der Waals surface area contributed by atoms with Gasteiger partial charge in [-0.05, 0) is 18.6 Å². The lowest BCUT2D eigenvalue weighted by Crippen LogP contribution is -2.23. The summed E-state index contributed by atoms with van der Waals surface area (Å²) in [7, 11) is 0. The number of rotatable bonds is 2. The Bertz CT molecular complexity index is 1080. The summed E-state index contributed by atoms with van der Waals surface area (Å²) in [5.41, 5.74) is 2.96. The molecule has 2 aromatic heterocycles. The fraction of sp³-hybridized carbons (Fsp3) is 0.0556. The zero-order valence-electron chi connectivity index (χ0n) is 12.4. The molecule has 0 saturated carbocycles. The standard InChI is InChI=1S/C18H13N3OS/c1-12-7-9-14(10-8-12)16-19-18-21(20-16)17(22)15(23-18)11-13-5-3-2-4-6-13/h2-11H,1H3. The average molecular weight is 319 g/mol. The molecule has 0 aliphatic heterocycles. The highest BCUT2D eigenvalue weighted by molar-refractivity contribution is 7.15. The second-order valence-corrected chi connectivity index (χ2v) is 6.33. The predicted molar refractivity (Wildman–Crippen MR) is 92.5 cm³/mol. The van der Waals surface area contributed by atoms with Crippen molar-refractivity contribution in [1.82, 2.24) is 14.6 Å².